The highest BCUT2D eigenvalue weighted by atomic mass is 35.5. The summed E-state index contributed by atoms with van der Waals surface area (Å²) >= 11 is 6.07. The molecule has 1 aromatic rings. The van der Waals surface area contributed by atoms with E-state index in [2.05, 4.69) is 19.2 Å². The molecule has 1 N–H and O–H groups in total. The van der Waals surface area contributed by atoms with Gasteiger partial charge in [0, 0.05) is 6.04 Å². The Balaban J connectivity index is 2.58. The molecule has 1 unspecified atom stereocenters. The summed E-state index contributed by atoms with van der Waals surface area (Å²) < 4.78 is 13.5. The van der Waals surface area contributed by atoms with Gasteiger partial charge in [0.1, 0.15) is 5.82 Å². The number of hydrogen-bond donors (Lipinski definition) is 1. The highest BCUT2D eigenvalue weighted by molar-refractivity contribution is 6.31. The zero-order chi connectivity index (χ0) is 14.1. The van der Waals surface area contributed by atoms with Crippen molar-refractivity contribution in [2.45, 2.75) is 58.4 Å². The van der Waals surface area contributed by atoms with E-state index in [9.17, 15) is 4.39 Å². The first-order valence-electron chi connectivity index (χ1n) is 7.38. The molecule has 1 aromatic carbocycles. The van der Waals surface area contributed by atoms with Gasteiger partial charge in [0.25, 0.3) is 0 Å². The Labute approximate surface area is 121 Å². The van der Waals surface area contributed by atoms with Crippen molar-refractivity contribution in [3.8, 4) is 0 Å². The normalized spacial score (nSPS) is 12.6. The molecule has 1 atom stereocenters. The maximum atomic E-state index is 13.5. The van der Waals surface area contributed by atoms with E-state index in [0.717, 1.165) is 24.9 Å². The average Bonchev–Trinajstić information content (AvgIpc) is 2.41. The standard InChI is InChI=1S/C16H25ClFN/c1-3-5-6-7-8-12-15(19-4-2)13-10-9-11-14(18)16(13)17/h9-11,15,19H,3-8,12H2,1-2H3. The van der Waals surface area contributed by atoms with Crippen molar-refractivity contribution >= 4 is 11.6 Å². The summed E-state index contributed by atoms with van der Waals surface area (Å²) in [5.41, 5.74) is 0.888. The van der Waals surface area contributed by atoms with Gasteiger partial charge in [0.05, 0.1) is 5.02 Å². The third-order valence-corrected chi connectivity index (χ3v) is 3.80. The van der Waals surface area contributed by atoms with E-state index in [0.29, 0.717) is 0 Å². The van der Waals surface area contributed by atoms with Crippen LogP contribution in [0.1, 0.15) is 64.0 Å². The number of halogens is 2. The lowest BCUT2D eigenvalue weighted by molar-refractivity contribution is 0.476. The van der Waals surface area contributed by atoms with Crippen LogP contribution in [0.4, 0.5) is 4.39 Å². The van der Waals surface area contributed by atoms with E-state index in [-0.39, 0.29) is 16.9 Å². The summed E-state index contributed by atoms with van der Waals surface area (Å²) in [6.45, 7) is 5.15. The summed E-state index contributed by atoms with van der Waals surface area (Å²) in [6, 6.07) is 5.23. The first-order chi connectivity index (χ1) is 9.20. The van der Waals surface area contributed by atoms with Crippen LogP contribution in [0.2, 0.25) is 5.02 Å². The van der Waals surface area contributed by atoms with Crippen molar-refractivity contribution in [3.63, 3.8) is 0 Å². The van der Waals surface area contributed by atoms with Gasteiger partial charge >= 0.3 is 0 Å². The van der Waals surface area contributed by atoms with Crippen molar-refractivity contribution in [1.29, 1.82) is 0 Å². The molecule has 0 amide bonds. The molecule has 1 rings (SSSR count). The zero-order valence-electron chi connectivity index (χ0n) is 12.0. The second-order valence-electron chi connectivity index (χ2n) is 4.96. The molecule has 108 valence electrons. The van der Waals surface area contributed by atoms with E-state index in [1.54, 1.807) is 6.07 Å². The molecule has 0 aliphatic heterocycles. The lowest BCUT2D eigenvalue weighted by Gasteiger charge is -2.19. The molecule has 0 saturated heterocycles. The van der Waals surface area contributed by atoms with Gasteiger partial charge in [-0.25, -0.2) is 4.39 Å². The van der Waals surface area contributed by atoms with Crippen LogP contribution in [0.3, 0.4) is 0 Å². The van der Waals surface area contributed by atoms with Crippen LogP contribution in [0.15, 0.2) is 18.2 Å². The molecule has 0 spiro atoms. The highest BCUT2D eigenvalue weighted by Gasteiger charge is 2.15. The van der Waals surface area contributed by atoms with Crippen LogP contribution in [-0.2, 0) is 0 Å². The molecular weight excluding hydrogens is 261 g/mol. The van der Waals surface area contributed by atoms with Crippen LogP contribution >= 0.6 is 11.6 Å². The summed E-state index contributed by atoms with van der Waals surface area (Å²) in [7, 11) is 0. The molecule has 0 aliphatic carbocycles. The summed E-state index contributed by atoms with van der Waals surface area (Å²) in [4.78, 5) is 0. The number of unbranched alkanes of at least 4 members (excludes halogenated alkanes) is 4. The van der Waals surface area contributed by atoms with Crippen molar-refractivity contribution in [1.82, 2.24) is 5.32 Å². The molecule has 1 nitrogen and oxygen atoms in total. The maximum Gasteiger partial charge on any atom is 0.142 e. The van der Waals surface area contributed by atoms with Gasteiger partial charge in [-0.15, -0.1) is 0 Å². The lowest BCUT2D eigenvalue weighted by atomic mass is 9.99. The first kappa shape index (κ1) is 16.5. The zero-order valence-corrected chi connectivity index (χ0v) is 12.8. The van der Waals surface area contributed by atoms with Crippen LogP contribution in [0, 0.1) is 5.82 Å². The Morgan fingerprint density at radius 2 is 1.89 bits per heavy atom. The predicted molar refractivity (Wildman–Crippen MR) is 81.2 cm³/mol. The van der Waals surface area contributed by atoms with Gasteiger partial charge in [0.2, 0.25) is 0 Å². The lowest BCUT2D eigenvalue weighted by Crippen LogP contribution is -2.21. The second kappa shape index (κ2) is 9.33. The monoisotopic (exact) mass is 285 g/mol. The Morgan fingerprint density at radius 1 is 1.16 bits per heavy atom. The van der Waals surface area contributed by atoms with Crippen LogP contribution in [0.5, 0.6) is 0 Å². The molecule has 0 bridgehead atoms. The second-order valence-corrected chi connectivity index (χ2v) is 5.33. The molecule has 0 aromatic heterocycles. The molecular formula is C16H25ClFN. The quantitative estimate of drug-likeness (QED) is 0.592. The van der Waals surface area contributed by atoms with Crippen LogP contribution in [0.25, 0.3) is 0 Å². The minimum Gasteiger partial charge on any atom is -0.310 e. The SMILES string of the molecule is CCCCCCCC(NCC)c1cccc(F)c1Cl. The van der Waals surface area contributed by atoms with E-state index >= 15 is 0 Å². The number of hydrogen-bond acceptors (Lipinski definition) is 1. The molecule has 0 aliphatic rings. The van der Waals surface area contributed by atoms with E-state index in [1.807, 2.05) is 6.07 Å². The Kier molecular flexibility index (Phi) is 8.08. The van der Waals surface area contributed by atoms with E-state index in [1.165, 1.54) is 31.7 Å². The maximum absolute atomic E-state index is 13.5. The van der Waals surface area contributed by atoms with Gasteiger partial charge in [-0.1, -0.05) is 69.7 Å². The van der Waals surface area contributed by atoms with Gasteiger partial charge in [-0.2, -0.15) is 0 Å². The summed E-state index contributed by atoms with van der Waals surface area (Å²) in [5, 5.41) is 3.67. The predicted octanol–water partition coefficient (Wildman–Crippen LogP) is 5.49. The number of benzene rings is 1. The van der Waals surface area contributed by atoms with Crippen LogP contribution < -0.4 is 5.32 Å². The Morgan fingerprint density at radius 3 is 2.58 bits per heavy atom. The topological polar surface area (TPSA) is 12.0 Å². The largest absolute Gasteiger partial charge is 0.310 e. The number of rotatable bonds is 9. The van der Waals surface area contributed by atoms with Crippen LogP contribution in [-0.4, -0.2) is 6.54 Å². The number of nitrogens with one attached hydrogen (secondary N) is 1. The van der Waals surface area contributed by atoms with Crippen molar-refractivity contribution in [3.05, 3.63) is 34.6 Å². The third kappa shape index (κ3) is 5.50. The van der Waals surface area contributed by atoms with Crippen molar-refractivity contribution < 1.29 is 4.39 Å². The summed E-state index contributed by atoms with van der Waals surface area (Å²) in [6.07, 6.45) is 7.25. The van der Waals surface area contributed by atoms with Crippen molar-refractivity contribution in [2.24, 2.45) is 0 Å². The molecule has 3 heteroatoms. The minimum atomic E-state index is -0.326. The average molecular weight is 286 g/mol. The molecule has 0 fully saturated rings. The van der Waals surface area contributed by atoms with E-state index < -0.39 is 0 Å². The molecule has 0 saturated carbocycles. The molecule has 19 heavy (non-hydrogen) atoms. The molecule has 0 radical (unpaired) electrons. The smallest absolute Gasteiger partial charge is 0.142 e. The minimum absolute atomic E-state index is 0.162. The van der Waals surface area contributed by atoms with Gasteiger partial charge in [-0.05, 0) is 24.6 Å². The van der Waals surface area contributed by atoms with Gasteiger partial charge in [-0.3, -0.25) is 0 Å². The first-order valence-corrected chi connectivity index (χ1v) is 7.75. The van der Waals surface area contributed by atoms with Gasteiger partial charge < -0.3 is 5.32 Å². The van der Waals surface area contributed by atoms with E-state index in [4.69, 9.17) is 11.6 Å². The highest BCUT2D eigenvalue weighted by Crippen LogP contribution is 2.29. The Hall–Kier alpha value is -0.600. The Bertz CT molecular complexity index is 368. The third-order valence-electron chi connectivity index (χ3n) is 3.40. The van der Waals surface area contributed by atoms with Gasteiger partial charge in [0.15, 0.2) is 0 Å². The fourth-order valence-electron chi connectivity index (χ4n) is 2.36. The fraction of sp³-hybridized carbons (Fsp3) is 0.625. The molecule has 0 heterocycles. The fourth-order valence-corrected chi connectivity index (χ4v) is 2.61. The van der Waals surface area contributed by atoms with Crippen molar-refractivity contribution in [2.75, 3.05) is 6.54 Å². The summed E-state index contributed by atoms with van der Waals surface area (Å²) in [5.74, 6) is -0.326.